The Morgan fingerprint density at radius 1 is 1.38 bits per heavy atom. The second kappa shape index (κ2) is 5.63. The Morgan fingerprint density at radius 2 is 2.21 bits per heavy atom. The number of aryl methyl sites for hydroxylation is 1. The number of carboxylic acids is 1. The molecule has 2 N–H and O–H groups in total. The van der Waals surface area contributed by atoms with E-state index in [-0.39, 0.29) is 5.56 Å². The zero-order chi connectivity index (χ0) is 16.7. The zero-order valence-corrected chi connectivity index (χ0v) is 13.2. The maximum Gasteiger partial charge on any atom is 0.339 e. The minimum atomic E-state index is -1.01. The Labute approximate surface area is 138 Å². The van der Waals surface area contributed by atoms with E-state index in [4.69, 9.17) is 4.74 Å². The first-order valence-corrected chi connectivity index (χ1v) is 7.92. The van der Waals surface area contributed by atoms with E-state index in [0.29, 0.717) is 29.3 Å². The van der Waals surface area contributed by atoms with Gasteiger partial charge < -0.3 is 14.8 Å². The average molecular weight is 323 g/mol. The van der Waals surface area contributed by atoms with E-state index in [1.54, 1.807) is 0 Å². The maximum atomic E-state index is 11.3. The van der Waals surface area contributed by atoms with Gasteiger partial charge in [-0.25, -0.2) is 14.8 Å². The van der Waals surface area contributed by atoms with Crippen LogP contribution in [-0.2, 0) is 0 Å². The number of H-pyrrole nitrogens is 1. The summed E-state index contributed by atoms with van der Waals surface area (Å²) in [6.07, 6.45) is 5.28. The van der Waals surface area contributed by atoms with Crippen LogP contribution in [0.15, 0.2) is 30.7 Å². The second-order valence-electron chi connectivity index (χ2n) is 6.21. The lowest BCUT2D eigenvalue weighted by Crippen LogP contribution is -2.01. The highest BCUT2D eigenvalue weighted by atomic mass is 16.5. The summed E-state index contributed by atoms with van der Waals surface area (Å²) in [5.74, 6) is 0.396. The summed E-state index contributed by atoms with van der Waals surface area (Å²) in [6.45, 7) is 2.71. The largest absolute Gasteiger partial charge is 0.493 e. The summed E-state index contributed by atoms with van der Waals surface area (Å²) in [5, 5.41) is 9.28. The molecule has 0 spiro atoms. The molecule has 6 heteroatoms. The highest BCUT2D eigenvalue weighted by Crippen LogP contribution is 2.36. The molecule has 3 aromatic rings. The minimum absolute atomic E-state index is 0.141. The first kappa shape index (κ1) is 14.7. The Bertz CT molecular complexity index is 928. The van der Waals surface area contributed by atoms with Crippen molar-refractivity contribution in [2.75, 3.05) is 6.61 Å². The van der Waals surface area contributed by atoms with E-state index in [0.717, 1.165) is 16.9 Å². The molecule has 4 rings (SSSR count). The van der Waals surface area contributed by atoms with Crippen molar-refractivity contribution in [2.45, 2.75) is 19.8 Å². The molecule has 2 aromatic heterocycles. The lowest BCUT2D eigenvalue weighted by Gasteiger charge is -2.12. The Morgan fingerprint density at radius 3 is 2.96 bits per heavy atom. The number of fused-ring (bicyclic) bond motifs is 1. The molecule has 0 unspecified atom stereocenters. The molecule has 0 amide bonds. The molecule has 0 saturated heterocycles. The summed E-state index contributed by atoms with van der Waals surface area (Å²) >= 11 is 0. The van der Waals surface area contributed by atoms with Crippen molar-refractivity contribution in [2.24, 2.45) is 5.92 Å². The third kappa shape index (κ3) is 2.60. The molecule has 1 aliphatic carbocycles. The maximum absolute atomic E-state index is 11.3. The van der Waals surface area contributed by atoms with E-state index >= 15 is 0 Å². The van der Waals surface area contributed by atoms with Crippen LogP contribution in [0.3, 0.4) is 0 Å². The average Bonchev–Trinajstić information content (AvgIpc) is 3.29. The Balaban J connectivity index is 1.84. The Kier molecular flexibility index (Phi) is 3.45. The van der Waals surface area contributed by atoms with Gasteiger partial charge in [-0.2, -0.15) is 0 Å². The van der Waals surface area contributed by atoms with Crippen LogP contribution < -0.4 is 4.74 Å². The van der Waals surface area contributed by atoms with Crippen molar-refractivity contribution in [1.82, 2.24) is 15.0 Å². The van der Waals surface area contributed by atoms with Gasteiger partial charge in [-0.15, -0.1) is 0 Å². The minimum Gasteiger partial charge on any atom is -0.493 e. The summed E-state index contributed by atoms with van der Waals surface area (Å²) in [5.41, 5.74) is 3.74. The lowest BCUT2D eigenvalue weighted by molar-refractivity contribution is 0.0699. The number of ether oxygens (including phenoxy) is 1. The predicted molar refractivity (Wildman–Crippen MR) is 89.2 cm³/mol. The first-order chi connectivity index (χ1) is 11.6. The topological polar surface area (TPSA) is 88.1 Å². The molecule has 1 saturated carbocycles. The van der Waals surface area contributed by atoms with E-state index in [9.17, 15) is 9.90 Å². The van der Waals surface area contributed by atoms with Crippen LogP contribution >= 0.6 is 0 Å². The molecular weight excluding hydrogens is 306 g/mol. The fourth-order valence-electron chi connectivity index (χ4n) is 2.75. The van der Waals surface area contributed by atoms with Gasteiger partial charge in [0.1, 0.15) is 28.9 Å². The van der Waals surface area contributed by atoms with Crippen LogP contribution in [0.25, 0.3) is 22.3 Å². The van der Waals surface area contributed by atoms with E-state index in [2.05, 4.69) is 15.0 Å². The van der Waals surface area contributed by atoms with Gasteiger partial charge in [0.2, 0.25) is 0 Å². The molecule has 1 fully saturated rings. The number of hydrogen-bond acceptors (Lipinski definition) is 4. The number of carbonyl (C=O) groups is 1. The quantitative estimate of drug-likeness (QED) is 0.751. The van der Waals surface area contributed by atoms with E-state index in [1.807, 2.05) is 25.1 Å². The van der Waals surface area contributed by atoms with Crippen molar-refractivity contribution in [3.8, 4) is 17.0 Å². The number of aromatic nitrogens is 3. The summed E-state index contributed by atoms with van der Waals surface area (Å²) in [4.78, 5) is 22.8. The first-order valence-electron chi connectivity index (χ1n) is 7.92. The highest BCUT2D eigenvalue weighted by molar-refractivity contribution is 6.04. The monoisotopic (exact) mass is 323 g/mol. The number of rotatable bonds is 5. The number of carboxylic acid groups (broad SMARTS) is 1. The SMILES string of the molecule is Cc1ccc(OCC2CC2)c(-c2ncnc3c(C(=O)O)c[nH]c23)c1. The molecule has 6 nitrogen and oxygen atoms in total. The third-order valence-electron chi connectivity index (χ3n) is 4.26. The molecule has 24 heavy (non-hydrogen) atoms. The van der Waals surface area contributed by atoms with Crippen LogP contribution in [0, 0.1) is 12.8 Å². The molecule has 0 aliphatic heterocycles. The van der Waals surface area contributed by atoms with Gasteiger partial charge in [-0.05, 0) is 37.8 Å². The number of aromatic amines is 1. The molecule has 0 atom stereocenters. The van der Waals surface area contributed by atoms with Gasteiger partial charge in [0, 0.05) is 11.8 Å². The molecule has 122 valence electrons. The number of aromatic carboxylic acids is 1. The fraction of sp³-hybridized carbons (Fsp3) is 0.278. The molecule has 1 aliphatic rings. The summed E-state index contributed by atoms with van der Waals surface area (Å²) < 4.78 is 5.98. The van der Waals surface area contributed by atoms with Crippen LogP contribution in [0.2, 0.25) is 0 Å². The second-order valence-corrected chi connectivity index (χ2v) is 6.21. The smallest absolute Gasteiger partial charge is 0.339 e. The Hall–Kier alpha value is -2.89. The van der Waals surface area contributed by atoms with Crippen molar-refractivity contribution in [3.05, 3.63) is 41.9 Å². The fourth-order valence-corrected chi connectivity index (χ4v) is 2.75. The van der Waals surface area contributed by atoms with Gasteiger partial charge in [-0.3, -0.25) is 0 Å². The third-order valence-corrected chi connectivity index (χ3v) is 4.26. The predicted octanol–water partition coefficient (Wildman–Crippen LogP) is 3.42. The zero-order valence-electron chi connectivity index (χ0n) is 13.2. The van der Waals surface area contributed by atoms with Crippen LogP contribution in [0.5, 0.6) is 5.75 Å². The number of nitrogens with zero attached hydrogens (tertiary/aromatic N) is 2. The number of hydrogen-bond donors (Lipinski definition) is 2. The van der Waals surface area contributed by atoms with Crippen LogP contribution in [0.1, 0.15) is 28.8 Å². The summed E-state index contributed by atoms with van der Waals surface area (Å²) in [7, 11) is 0. The van der Waals surface area contributed by atoms with Crippen molar-refractivity contribution < 1.29 is 14.6 Å². The van der Waals surface area contributed by atoms with Gasteiger partial charge in [0.15, 0.2) is 0 Å². The van der Waals surface area contributed by atoms with Gasteiger partial charge in [-0.1, -0.05) is 11.6 Å². The van der Waals surface area contributed by atoms with Crippen molar-refractivity contribution in [1.29, 1.82) is 0 Å². The van der Waals surface area contributed by atoms with Gasteiger partial charge in [0.05, 0.1) is 12.1 Å². The van der Waals surface area contributed by atoms with Gasteiger partial charge in [0.25, 0.3) is 0 Å². The molecule has 1 aromatic carbocycles. The van der Waals surface area contributed by atoms with Crippen LogP contribution in [0.4, 0.5) is 0 Å². The molecule has 0 radical (unpaired) electrons. The van der Waals surface area contributed by atoms with Gasteiger partial charge >= 0.3 is 5.97 Å². The normalized spacial score (nSPS) is 14.0. The van der Waals surface area contributed by atoms with Crippen LogP contribution in [-0.4, -0.2) is 32.6 Å². The molecular formula is C18H17N3O3. The highest BCUT2D eigenvalue weighted by Gasteiger charge is 2.23. The number of benzene rings is 1. The lowest BCUT2D eigenvalue weighted by atomic mass is 10.1. The number of nitrogens with one attached hydrogen (secondary N) is 1. The standard InChI is InChI=1S/C18H17N3O3/c1-10-2-5-14(24-8-11-3-4-11)12(6-10)15-17-16(21-9-20-15)13(7-19-17)18(22)23/h2,5-7,9,11,19H,3-4,8H2,1H3,(H,22,23). The van der Waals surface area contributed by atoms with Crippen molar-refractivity contribution >= 4 is 17.0 Å². The molecule has 0 bridgehead atoms. The van der Waals surface area contributed by atoms with Crippen molar-refractivity contribution in [3.63, 3.8) is 0 Å². The van der Waals surface area contributed by atoms with E-state index in [1.165, 1.54) is 25.4 Å². The van der Waals surface area contributed by atoms with E-state index < -0.39 is 5.97 Å². The molecule has 2 heterocycles. The summed E-state index contributed by atoms with van der Waals surface area (Å²) in [6, 6.07) is 5.95.